The van der Waals surface area contributed by atoms with Gasteiger partial charge in [-0.3, -0.25) is 4.79 Å². The van der Waals surface area contributed by atoms with Gasteiger partial charge in [-0.05, 0) is 42.7 Å². The van der Waals surface area contributed by atoms with Crippen LogP contribution in [-0.2, 0) is 4.79 Å². The van der Waals surface area contributed by atoms with Crippen LogP contribution in [0.3, 0.4) is 0 Å². The van der Waals surface area contributed by atoms with Crippen LogP contribution < -0.4 is 5.43 Å². The second-order valence-corrected chi connectivity index (χ2v) is 5.16. The molecule has 2 N–H and O–H groups in total. The number of nitrogens with zero attached hydrogens (tertiary/aromatic N) is 1. The summed E-state index contributed by atoms with van der Waals surface area (Å²) in [4.78, 5) is 11.7. The Hall–Kier alpha value is -1.84. The molecule has 0 aliphatic carbocycles. The minimum atomic E-state index is -0.0313. The van der Waals surface area contributed by atoms with Gasteiger partial charge in [0.25, 0.3) is 0 Å². The van der Waals surface area contributed by atoms with E-state index in [1.807, 2.05) is 6.92 Å². The number of unbranched alkanes of at least 4 members (excludes halogenated alkanes) is 4. The lowest BCUT2D eigenvalue weighted by Gasteiger charge is -2.05. The Balaban J connectivity index is 2.41. The molecule has 1 aromatic rings. The lowest BCUT2D eigenvalue weighted by atomic mass is 10.1. The molecule has 0 spiro atoms. The lowest BCUT2D eigenvalue weighted by Crippen LogP contribution is -2.19. The minimum Gasteiger partial charge on any atom is -0.508 e. The van der Waals surface area contributed by atoms with Crippen molar-refractivity contribution in [1.29, 1.82) is 0 Å². The van der Waals surface area contributed by atoms with E-state index in [0.29, 0.717) is 6.42 Å². The summed E-state index contributed by atoms with van der Waals surface area (Å²) in [5, 5.41) is 13.5. The Labute approximate surface area is 127 Å². The van der Waals surface area contributed by atoms with Crippen LogP contribution in [0.4, 0.5) is 0 Å². The molecule has 0 bridgehead atoms. The molecular formula is C17H26N2O2. The molecule has 0 atom stereocenters. The van der Waals surface area contributed by atoms with Crippen molar-refractivity contribution in [3.63, 3.8) is 0 Å². The highest BCUT2D eigenvalue weighted by Crippen LogP contribution is 2.11. The van der Waals surface area contributed by atoms with Crippen molar-refractivity contribution in [3.05, 3.63) is 29.8 Å². The predicted octanol–water partition coefficient (Wildman–Crippen LogP) is 3.98. The van der Waals surface area contributed by atoms with E-state index in [1.54, 1.807) is 24.3 Å². The average molecular weight is 290 g/mol. The fourth-order valence-corrected chi connectivity index (χ4v) is 2.08. The summed E-state index contributed by atoms with van der Waals surface area (Å²) < 4.78 is 0. The Morgan fingerprint density at radius 2 is 1.76 bits per heavy atom. The number of aromatic hydroxyl groups is 1. The number of benzene rings is 1. The smallest absolute Gasteiger partial charge is 0.240 e. The van der Waals surface area contributed by atoms with E-state index in [4.69, 9.17) is 0 Å². The van der Waals surface area contributed by atoms with Gasteiger partial charge in [-0.2, -0.15) is 5.10 Å². The Morgan fingerprint density at radius 1 is 1.10 bits per heavy atom. The van der Waals surface area contributed by atoms with Gasteiger partial charge in [-0.1, -0.05) is 39.5 Å². The van der Waals surface area contributed by atoms with Gasteiger partial charge < -0.3 is 5.11 Å². The van der Waals surface area contributed by atoms with Gasteiger partial charge in [-0.15, -0.1) is 0 Å². The van der Waals surface area contributed by atoms with Gasteiger partial charge in [0, 0.05) is 6.42 Å². The van der Waals surface area contributed by atoms with Gasteiger partial charge in [-0.25, -0.2) is 5.43 Å². The van der Waals surface area contributed by atoms with Crippen LogP contribution in [0.2, 0.25) is 0 Å². The molecule has 0 aliphatic rings. The Kier molecular flexibility index (Phi) is 8.17. The maximum absolute atomic E-state index is 11.7. The molecule has 0 saturated carbocycles. The maximum atomic E-state index is 11.7. The molecule has 0 radical (unpaired) electrons. The molecule has 21 heavy (non-hydrogen) atoms. The molecule has 116 valence electrons. The lowest BCUT2D eigenvalue weighted by molar-refractivity contribution is -0.121. The maximum Gasteiger partial charge on any atom is 0.240 e. The number of amides is 1. The van der Waals surface area contributed by atoms with Crippen LogP contribution in [0.1, 0.15) is 64.4 Å². The first kappa shape index (κ1) is 17.2. The highest BCUT2D eigenvalue weighted by molar-refractivity contribution is 6.00. The second-order valence-electron chi connectivity index (χ2n) is 5.16. The summed E-state index contributed by atoms with van der Waals surface area (Å²) in [6.07, 6.45) is 6.91. The van der Waals surface area contributed by atoms with Crippen molar-refractivity contribution in [2.24, 2.45) is 5.10 Å². The van der Waals surface area contributed by atoms with E-state index in [0.717, 1.165) is 30.5 Å². The third-order valence-corrected chi connectivity index (χ3v) is 3.36. The van der Waals surface area contributed by atoms with E-state index in [1.165, 1.54) is 19.3 Å². The van der Waals surface area contributed by atoms with Gasteiger partial charge in [0.05, 0.1) is 5.71 Å². The number of hydrogen-bond donors (Lipinski definition) is 2. The summed E-state index contributed by atoms with van der Waals surface area (Å²) >= 11 is 0. The SMILES string of the molecule is CCCCCCCC(=O)NN=C(CC)c1ccc(O)cc1. The molecule has 0 unspecified atom stereocenters. The fraction of sp³-hybridized carbons (Fsp3) is 0.529. The highest BCUT2D eigenvalue weighted by Gasteiger charge is 2.04. The van der Waals surface area contributed by atoms with E-state index < -0.39 is 0 Å². The van der Waals surface area contributed by atoms with E-state index in [9.17, 15) is 9.90 Å². The molecule has 0 aliphatic heterocycles. The number of rotatable bonds is 9. The van der Waals surface area contributed by atoms with Crippen molar-refractivity contribution in [3.8, 4) is 5.75 Å². The summed E-state index contributed by atoms with van der Waals surface area (Å²) in [5.41, 5.74) is 4.35. The molecule has 0 saturated heterocycles. The topological polar surface area (TPSA) is 61.7 Å². The molecule has 0 heterocycles. The number of hydrazone groups is 1. The zero-order chi connectivity index (χ0) is 15.5. The number of phenols is 1. The Morgan fingerprint density at radius 3 is 2.38 bits per heavy atom. The zero-order valence-electron chi connectivity index (χ0n) is 13.1. The normalized spacial score (nSPS) is 11.4. The van der Waals surface area contributed by atoms with Gasteiger partial charge in [0.15, 0.2) is 0 Å². The fourth-order valence-electron chi connectivity index (χ4n) is 2.08. The average Bonchev–Trinajstić information content (AvgIpc) is 2.49. The van der Waals surface area contributed by atoms with Crippen LogP contribution in [0.15, 0.2) is 29.4 Å². The third kappa shape index (κ3) is 6.93. The molecule has 4 heteroatoms. The van der Waals surface area contributed by atoms with Crippen LogP contribution in [0.25, 0.3) is 0 Å². The first-order valence-corrected chi connectivity index (χ1v) is 7.82. The quantitative estimate of drug-likeness (QED) is 0.410. The van der Waals surface area contributed by atoms with Crippen molar-refractivity contribution < 1.29 is 9.90 Å². The zero-order valence-corrected chi connectivity index (χ0v) is 13.1. The van der Waals surface area contributed by atoms with E-state index in [2.05, 4.69) is 17.5 Å². The highest BCUT2D eigenvalue weighted by atomic mass is 16.3. The van der Waals surface area contributed by atoms with Crippen molar-refractivity contribution in [2.45, 2.75) is 58.8 Å². The van der Waals surface area contributed by atoms with Gasteiger partial charge >= 0.3 is 0 Å². The summed E-state index contributed by atoms with van der Waals surface area (Å²) in [5.74, 6) is 0.196. The number of carbonyl (C=O) groups is 1. The molecule has 1 rings (SSSR count). The van der Waals surface area contributed by atoms with Crippen LogP contribution in [-0.4, -0.2) is 16.7 Å². The monoisotopic (exact) mass is 290 g/mol. The molecule has 0 fully saturated rings. The number of carbonyl (C=O) groups excluding carboxylic acids is 1. The largest absolute Gasteiger partial charge is 0.508 e. The number of hydrogen-bond acceptors (Lipinski definition) is 3. The van der Waals surface area contributed by atoms with Gasteiger partial charge in [0.1, 0.15) is 5.75 Å². The van der Waals surface area contributed by atoms with Crippen molar-refractivity contribution in [1.82, 2.24) is 5.43 Å². The number of nitrogens with one attached hydrogen (secondary N) is 1. The predicted molar refractivity (Wildman–Crippen MR) is 86.5 cm³/mol. The van der Waals surface area contributed by atoms with Crippen molar-refractivity contribution >= 4 is 11.6 Å². The van der Waals surface area contributed by atoms with E-state index in [-0.39, 0.29) is 11.7 Å². The molecule has 0 aromatic heterocycles. The van der Waals surface area contributed by atoms with Crippen LogP contribution >= 0.6 is 0 Å². The van der Waals surface area contributed by atoms with Gasteiger partial charge in [0.2, 0.25) is 5.91 Å². The second kappa shape index (κ2) is 9.97. The summed E-state index contributed by atoms with van der Waals surface area (Å²) in [7, 11) is 0. The first-order valence-electron chi connectivity index (χ1n) is 7.82. The molecule has 1 amide bonds. The third-order valence-electron chi connectivity index (χ3n) is 3.36. The summed E-state index contributed by atoms with van der Waals surface area (Å²) in [6, 6.07) is 6.84. The molecular weight excluding hydrogens is 264 g/mol. The summed E-state index contributed by atoms with van der Waals surface area (Å²) in [6.45, 7) is 4.17. The van der Waals surface area contributed by atoms with Crippen LogP contribution in [0, 0.1) is 0 Å². The first-order chi connectivity index (χ1) is 10.2. The standard InChI is InChI=1S/C17H26N2O2/c1-3-5-6-7-8-9-17(21)19-18-16(4-2)14-10-12-15(20)13-11-14/h10-13,20H,3-9H2,1-2H3,(H,19,21). The van der Waals surface area contributed by atoms with Crippen LogP contribution in [0.5, 0.6) is 5.75 Å². The molecule has 1 aromatic carbocycles. The molecule has 4 nitrogen and oxygen atoms in total. The Bertz CT molecular complexity index is 452. The van der Waals surface area contributed by atoms with Crippen molar-refractivity contribution in [2.75, 3.05) is 0 Å². The number of phenolic OH excluding ortho intramolecular Hbond substituents is 1. The van der Waals surface area contributed by atoms with E-state index >= 15 is 0 Å². The minimum absolute atomic E-state index is 0.0313.